The molecule has 2 rings (SSSR count). The van der Waals surface area contributed by atoms with Crippen molar-refractivity contribution in [2.75, 3.05) is 31.7 Å². The molecule has 6 heteroatoms. The van der Waals surface area contributed by atoms with Gasteiger partial charge in [-0.2, -0.15) is 0 Å². The number of aliphatic hydroxyl groups is 1. The van der Waals surface area contributed by atoms with Crippen LogP contribution in [0.4, 0.5) is 11.4 Å². The number of hydrogen-bond donors (Lipinski definition) is 1. The molecule has 1 saturated heterocycles. The second-order valence-corrected chi connectivity index (χ2v) is 4.97. The summed E-state index contributed by atoms with van der Waals surface area (Å²) in [4.78, 5) is 12.2. The van der Waals surface area contributed by atoms with Gasteiger partial charge in [-0.3, -0.25) is 10.1 Å². The van der Waals surface area contributed by atoms with E-state index in [9.17, 15) is 15.2 Å². The Morgan fingerprint density at radius 1 is 1.47 bits per heavy atom. The summed E-state index contributed by atoms with van der Waals surface area (Å²) in [7, 11) is 1.83. The quantitative estimate of drug-likeness (QED) is 0.661. The zero-order valence-corrected chi connectivity index (χ0v) is 10.9. The number of nitro benzene ring substituents is 1. The van der Waals surface area contributed by atoms with Crippen LogP contribution in [0.5, 0.6) is 0 Å². The molecular weight excluding hydrogens is 248 g/mol. The van der Waals surface area contributed by atoms with Crippen LogP contribution >= 0.6 is 0 Å². The van der Waals surface area contributed by atoms with Gasteiger partial charge in [0, 0.05) is 57.5 Å². The highest BCUT2D eigenvalue weighted by molar-refractivity contribution is 5.52. The van der Waals surface area contributed by atoms with Crippen molar-refractivity contribution in [1.29, 1.82) is 0 Å². The molecular formula is C13H18N2O4. The first-order chi connectivity index (χ1) is 9.00. The summed E-state index contributed by atoms with van der Waals surface area (Å²) in [6.07, 6.45) is 1.18. The normalized spacial score (nSPS) is 18.0. The maximum Gasteiger partial charge on any atom is 0.271 e. The van der Waals surface area contributed by atoms with E-state index in [2.05, 4.69) is 0 Å². The number of rotatable bonds is 4. The number of ether oxygens (including phenoxy) is 1. The average Bonchev–Trinajstić information content (AvgIpc) is 2.39. The molecule has 1 N–H and O–H groups in total. The molecule has 19 heavy (non-hydrogen) atoms. The van der Waals surface area contributed by atoms with Crippen LogP contribution in [0.3, 0.4) is 0 Å². The molecule has 1 aromatic carbocycles. The van der Waals surface area contributed by atoms with Crippen LogP contribution in [0.1, 0.15) is 12.8 Å². The molecule has 6 nitrogen and oxygen atoms in total. The summed E-state index contributed by atoms with van der Waals surface area (Å²) in [5, 5.41) is 21.2. The first-order valence-corrected chi connectivity index (χ1v) is 6.26. The molecule has 0 spiro atoms. The molecule has 104 valence electrons. The molecule has 1 aliphatic heterocycles. The van der Waals surface area contributed by atoms with Crippen molar-refractivity contribution < 1.29 is 14.8 Å². The number of nitrogens with zero attached hydrogens (tertiary/aromatic N) is 2. The van der Waals surface area contributed by atoms with E-state index in [4.69, 9.17) is 4.74 Å². The van der Waals surface area contributed by atoms with Crippen LogP contribution in [-0.4, -0.2) is 42.4 Å². The van der Waals surface area contributed by atoms with Gasteiger partial charge in [0.2, 0.25) is 0 Å². The Labute approximate surface area is 111 Å². The molecule has 1 aliphatic rings. The van der Waals surface area contributed by atoms with Gasteiger partial charge in [0.25, 0.3) is 5.69 Å². The molecule has 1 heterocycles. The topological polar surface area (TPSA) is 75.8 Å². The number of anilines is 1. The summed E-state index contributed by atoms with van der Waals surface area (Å²) >= 11 is 0. The Bertz CT molecular complexity index is 458. The standard InChI is InChI=1S/C13H18N2O4/c1-14(10-13(16)5-7-19-8-6-13)11-3-2-4-12(9-11)15(17)18/h2-4,9,16H,5-8,10H2,1H3. The van der Waals surface area contributed by atoms with Gasteiger partial charge in [-0.1, -0.05) is 6.07 Å². The number of benzene rings is 1. The monoisotopic (exact) mass is 266 g/mol. The summed E-state index contributed by atoms with van der Waals surface area (Å²) in [6.45, 7) is 1.55. The van der Waals surface area contributed by atoms with E-state index in [1.54, 1.807) is 12.1 Å². The second kappa shape index (κ2) is 5.54. The molecule has 0 amide bonds. The largest absolute Gasteiger partial charge is 0.388 e. The molecule has 0 saturated carbocycles. The molecule has 0 atom stereocenters. The van der Waals surface area contributed by atoms with Gasteiger partial charge < -0.3 is 14.7 Å². The Kier molecular flexibility index (Phi) is 4.01. The van der Waals surface area contributed by atoms with Crippen molar-refractivity contribution in [3.63, 3.8) is 0 Å². The van der Waals surface area contributed by atoms with Gasteiger partial charge in [-0.15, -0.1) is 0 Å². The van der Waals surface area contributed by atoms with Crippen LogP contribution in [0.2, 0.25) is 0 Å². The lowest BCUT2D eigenvalue weighted by Gasteiger charge is -2.36. The fraction of sp³-hybridized carbons (Fsp3) is 0.538. The number of likely N-dealkylation sites (N-methyl/N-ethyl adjacent to an activating group) is 1. The fourth-order valence-electron chi connectivity index (χ4n) is 2.29. The van der Waals surface area contributed by atoms with E-state index in [1.807, 2.05) is 11.9 Å². The Balaban J connectivity index is 2.08. The third kappa shape index (κ3) is 3.42. The predicted octanol–water partition coefficient (Wildman–Crippen LogP) is 1.57. The highest BCUT2D eigenvalue weighted by atomic mass is 16.6. The fourth-order valence-corrected chi connectivity index (χ4v) is 2.29. The summed E-state index contributed by atoms with van der Waals surface area (Å²) in [6, 6.07) is 6.43. The van der Waals surface area contributed by atoms with Gasteiger partial charge in [-0.25, -0.2) is 0 Å². The maximum absolute atomic E-state index is 10.7. The number of hydrogen-bond acceptors (Lipinski definition) is 5. The van der Waals surface area contributed by atoms with E-state index in [0.717, 1.165) is 5.69 Å². The van der Waals surface area contributed by atoms with Crippen molar-refractivity contribution >= 4 is 11.4 Å². The Hall–Kier alpha value is -1.66. The highest BCUT2D eigenvalue weighted by Crippen LogP contribution is 2.25. The van der Waals surface area contributed by atoms with Crippen molar-refractivity contribution in [1.82, 2.24) is 0 Å². The highest BCUT2D eigenvalue weighted by Gasteiger charge is 2.31. The van der Waals surface area contributed by atoms with Gasteiger partial charge in [0.05, 0.1) is 10.5 Å². The summed E-state index contributed by atoms with van der Waals surface area (Å²) < 4.78 is 5.23. The minimum Gasteiger partial charge on any atom is -0.388 e. The van der Waals surface area contributed by atoms with Crippen LogP contribution < -0.4 is 4.90 Å². The second-order valence-electron chi connectivity index (χ2n) is 4.97. The van der Waals surface area contributed by atoms with Crippen molar-refractivity contribution in [3.05, 3.63) is 34.4 Å². The zero-order chi connectivity index (χ0) is 13.9. The molecule has 0 aromatic heterocycles. The van der Waals surface area contributed by atoms with Gasteiger partial charge in [0.1, 0.15) is 0 Å². The van der Waals surface area contributed by atoms with Crippen molar-refractivity contribution in [2.45, 2.75) is 18.4 Å². The molecule has 1 aromatic rings. The van der Waals surface area contributed by atoms with Gasteiger partial charge >= 0.3 is 0 Å². The van der Waals surface area contributed by atoms with Crippen molar-refractivity contribution in [3.8, 4) is 0 Å². The van der Waals surface area contributed by atoms with Crippen molar-refractivity contribution in [2.24, 2.45) is 0 Å². The smallest absolute Gasteiger partial charge is 0.271 e. The first kappa shape index (κ1) is 13.8. The lowest BCUT2D eigenvalue weighted by molar-refractivity contribution is -0.384. The molecule has 1 fully saturated rings. The third-order valence-corrected chi connectivity index (χ3v) is 3.44. The lowest BCUT2D eigenvalue weighted by atomic mass is 9.94. The van der Waals surface area contributed by atoms with Crippen LogP contribution in [-0.2, 0) is 4.74 Å². The van der Waals surface area contributed by atoms with Gasteiger partial charge in [0.15, 0.2) is 0 Å². The molecule has 0 unspecified atom stereocenters. The van der Waals surface area contributed by atoms with E-state index in [1.165, 1.54) is 12.1 Å². The minimum atomic E-state index is -0.780. The average molecular weight is 266 g/mol. The van der Waals surface area contributed by atoms with E-state index in [-0.39, 0.29) is 5.69 Å². The third-order valence-electron chi connectivity index (χ3n) is 3.44. The Morgan fingerprint density at radius 2 is 2.16 bits per heavy atom. The number of non-ortho nitro benzene ring substituents is 1. The Morgan fingerprint density at radius 3 is 2.79 bits per heavy atom. The van der Waals surface area contributed by atoms with Crippen LogP contribution in [0.15, 0.2) is 24.3 Å². The van der Waals surface area contributed by atoms with Crippen LogP contribution in [0.25, 0.3) is 0 Å². The van der Waals surface area contributed by atoms with Gasteiger partial charge in [-0.05, 0) is 6.07 Å². The maximum atomic E-state index is 10.7. The molecule has 0 radical (unpaired) electrons. The SMILES string of the molecule is CN(CC1(O)CCOCC1)c1cccc([N+](=O)[O-])c1. The molecule has 0 bridgehead atoms. The summed E-state index contributed by atoms with van der Waals surface area (Å²) in [5.41, 5.74) is 0.00915. The lowest BCUT2D eigenvalue weighted by Crippen LogP contribution is -2.45. The molecule has 0 aliphatic carbocycles. The summed E-state index contributed by atoms with van der Waals surface area (Å²) in [5.74, 6) is 0. The van der Waals surface area contributed by atoms with E-state index in [0.29, 0.717) is 32.6 Å². The van der Waals surface area contributed by atoms with E-state index >= 15 is 0 Å². The van der Waals surface area contributed by atoms with Crippen LogP contribution in [0, 0.1) is 10.1 Å². The van der Waals surface area contributed by atoms with E-state index < -0.39 is 10.5 Å². The zero-order valence-electron chi connectivity index (χ0n) is 10.9. The number of nitro groups is 1. The first-order valence-electron chi connectivity index (χ1n) is 6.26. The minimum absolute atomic E-state index is 0.0586. The predicted molar refractivity (Wildman–Crippen MR) is 71.4 cm³/mol.